The van der Waals surface area contributed by atoms with E-state index >= 15 is 0 Å². The van der Waals surface area contributed by atoms with Gasteiger partial charge in [-0.1, -0.05) is 6.07 Å². The molecule has 2 unspecified atom stereocenters. The van der Waals surface area contributed by atoms with Gasteiger partial charge in [-0.15, -0.1) is 0 Å². The fourth-order valence-corrected chi connectivity index (χ4v) is 3.62. The fraction of sp³-hybridized carbons (Fsp3) is 0.600. The molecule has 0 bridgehead atoms. The Labute approximate surface area is 120 Å². The van der Waals surface area contributed by atoms with Gasteiger partial charge in [0, 0.05) is 29.7 Å². The topological polar surface area (TPSA) is 30.5 Å². The van der Waals surface area contributed by atoms with Gasteiger partial charge in [-0.05, 0) is 38.1 Å². The third-order valence-corrected chi connectivity index (χ3v) is 5.01. The zero-order valence-corrected chi connectivity index (χ0v) is 12.8. The summed E-state index contributed by atoms with van der Waals surface area (Å²) in [5.74, 6) is 1.97. The molecule has 0 aromatic heterocycles. The first-order valence-electron chi connectivity index (χ1n) is 6.78. The molecular formula is C15H23NO2S. The summed E-state index contributed by atoms with van der Waals surface area (Å²) in [6.45, 7) is 3.96. The van der Waals surface area contributed by atoms with E-state index in [0.29, 0.717) is 11.4 Å². The van der Waals surface area contributed by atoms with Gasteiger partial charge in [-0.25, -0.2) is 0 Å². The van der Waals surface area contributed by atoms with Crippen LogP contribution in [0.4, 0.5) is 0 Å². The van der Waals surface area contributed by atoms with Gasteiger partial charge in [0.1, 0.15) is 5.75 Å². The van der Waals surface area contributed by atoms with Crippen molar-refractivity contribution in [3.05, 3.63) is 29.3 Å². The molecule has 0 radical (unpaired) electrons. The summed E-state index contributed by atoms with van der Waals surface area (Å²) in [7, 11) is 3.71. The smallest absolute Gasteiger partial charge is 0.122 e. The molecule has 1 aliphatic heterocycles. The maximum absolute atomic E-state index is 5.61. The molecule has 0 aliphatic carbocycles. The van der Waals surface area contributed by atoms with Crippen LogP contribution in [0.2, 0.25) is 0 Å². The van der Waals surface area contributed by atoms with Crippen LogP contribution < -0.4 is 10.1 Å². The molecule has 4 heteroatoms. The van der Waals surface area contributed by atoms with Gasteiger partial charge < -0.3 is 14.8 Å². The highest BCUT2D eigenvalue weighted by atomic mass is 32.2. The molecule has 1 fully saturated rings. The fourth-order valence-electron chi connectivity index (χ4n) is 2.39. The highest BCUT2D eigenvalue weighted by Gasteiger charge is 2.24. The second kappa shape index (κ2) is 7.17. The number of methoxy groups -OCH3 is 1. The van der Waals surface area contributed by atoms with Crippen LogP contribution in [0.1, 0.15) is 24.5 Å². The maximum atomic E-state index is 5.61. The monoisotopic (exact) mass is 281 g/mol. The molecule has 1 aliphatic rings. The van der Waals surface area contributed by atoms with Crippen molar-refractivity contribution in [1.82, 2.24) is 5.32 Å². The number of thioether (sulfide) groups is 1. The molecule has 1 aromatic carbocycles. The third-order valence-electron chi connectivity index (χ3n) is 3.49. The lowest BCUT2D eigenvalue weighted by Gasteiger charge is -2.15. The lowest BCUT2D eigenvalue weighted by Crippen LogP contribution is -2.13. The van der Waals surface area contributed by atoms with Gasteiger partial charge in [0.05, 0.1) is 13.2 Å². The summed E-state index contributed by atoms with van der Waals surface area (Å²) < 4.78 is 11.1. The van der Waals surface area contributed by atoms with Crippen LogP contribution in [0.15, 0.2) is 18.2 Å². The van der Waals surface area contributed by atoms with Gasteiger partial charge in [-0.2, -0.15) is 11.8 Å². The van der Waals surface area contributed by atoms with E-state index < -0.39 is 0 Å². The van der Waals surface area contributed by atoms with Crippen molar-refractivity contribution in [2.75, 3.05) is 20.8 Å². The Morgan fingerprint density at radius 2 is 2.32 bits per heavy atom. The first-order chi connectivity index (χ1) is 9.24. The lowest BCUT2D eigenvalue weighted by molar-refractivity contribution is 0.127. The van der Waals surface area contributed by atoms with E-state index in [-0.39, 0.29) is 0 Å². The molecular weight excluding hydrogens is 258 g/mol. The number of nitrogens with one attached hydrogen (secondary N) is 1. The molecule has 106 valence electrons. The SMILES string of the molecule is CNCc1ccc(OC)c(CSC2CCOC2C)c1. The Morgan fingerprint density at radius 1 is 1.47 bits per heavy atom. The van der Waals surface area contributed by atoms with Gasteiger partial charge in [0.15, 0.2) is 0 Å². The molecule has 1 N–H and O–H groups in total. The minimum Gasteiger partial charge on any atom is -0.496 e. The first kappa shape index (κ1) is 14.7. The second-order valence-corrected chi connectivity index (χ2v) is 6.12. The number of hydrogen-bond donors (Lipinski definition) is 1. The van der Waals surface area contributed by atoms with Gasteiger partial charge in [0.25, 0.3) is 0 Å². The molecule has 1 aromatic rings. The van der Waals surface area contributed by atoms with E-state index in [0.717, 1.165) is 31.1 Å². The van der Waals surface area contributed by atoms with Crippen molar-refractivity contribution < 1.29 is 9.47 Å². The van der Waals surface area contributed by atoms with Gasteiger partial charge >= 0.3 is 0 Å². The van der Waals surface area contributed by atoms with Crippen LogP contribution in [-0.4, -0.2) is 32.1 Å². The third kappa shape index (κ3) is 3.88. The Bertz CT molecular complexity index is 411. The Morgan fingerprint density at radius 3 is 2.95 bits per heavy atom. The van der Waals surface area contributed by atoms with Crippen molar-refractivity contribution in [2.45, 2.75) is 37.0 Å². The van der Waals surface area contributed by atoms with Crippen LogP contribution in [-0.2, 0) is 17.0 Å². The van der Waals surface area contributed by atoms with E-state index in [1.807, 2.05) is 18.8 Å². The molecule has 1 heterocycles. The zero-order valence-electron chi connectivity index (χ0n) is 11.9. The van der Waals surface area contributed by atoms with Gasteiger partial charge in [0.2, 0.25) is 0 Å². The number of rotatable bonds is 6. The summed E-state index contributed by atoms with van der Waals surface area (Å²) >= 11 is 1.98. The minimum atomic E-state index is 0.372. The molecule has 0 amide bonds. The lowest BCUT2D eigenvalue weighted by atomic mass is 10.1. The summed E-state index contributed by atoms with van der Waals surface area (Å²) in [6, 6.07) is 6.42. The molecule has 2 rings (SSSR count). The molecule has 0 saturated carbocycles. The van der Waals surface area contributed by atoms with Crippen LogP contribution in [0.5, 0.6) is 5.75 Å². The van der Waals surface area contributed by atoms with Crippen LogP contribution in [0.25, 0.3) is 0 Å². The largest absolute Gasteiger partial charge is 0.496 e. The van der Waals surface area contributed by atoms with Crippen LogP contribution >= 0.6 is 11.8 Å². The van der Waals surface area contributed by atoms with Crippen molar-refractivity contribution in [1.29, 1.82) is 0 Å². The minimum absolute atomic E-state index is 0.372. The highest BCUT2D eigenvalue weighted by molar-refractivity contribution is 7.99. The standard InChI is InChI=1S/C15H23NO2S/c1-11-15(6-7-18-11)19-10-13-8-12(9-16-2)4-5-14(13)17-3/h4-5,8,11,15-16H,6-7,9-10H2,1-3H3. The number of benzene rings is 1. The molecule has 19 heavy (non-hydrogen) atoms. The van der Waals surface area contributed by atoms with Gasteiger partial charge in [-0.3, -0.25) is 0 Å². The van der Waals surface area contributed by atoms with E-state index in [2.05, 4.69) is 30.4 Å². The molecule has 0 spiro atoms. The molecule has 2 atom stereocenters. The van der Waals surface area contributed by atoms with Crippen molar-refractivity contribution in [3.63, 3.8) is 0 Å². The maximum Gasteiger partial charge on any atom is 0.122 e. The Kier molecular flexibility index (Phi) is 5.55. The summed E-state index contributed by atoms with van der Waals surface area (Å²) in [5, 5.41) is 3.79. The van der Waals surface area contributed by atoms with Crippen molar-refractivity contribution >= 4 is 11.8 Å². The molecule has 3 nitrogen and oxygen atoms in total. The molecule has 1 saturated heterocycles. The van der Waals surface area contributed by atoms with Crippen molar-refractivity contribution in [2.24, 2.45) is 0 Å². The predicted molar refractivity (Wildman–Crippen MR) is 80.9 cm³/mol. The zero-order chi connectivity index (χ0) is 13.7. The van der Waals surface area contributed by atoms with E-state index in [9.17, 15) is 0 Å². The highest BCUT2D eigenvalue weighted by Crippen LogP contribution is 2.32. The number of hydrogen-bond acceptors (Lipinski definition) is 4. The van der Waals surface area contributed by atoms with Crippen LogP contribution in [0, 0.1) is 0 Å². The summed E-state index contributed by atoms with van der Waals surface area (Å²) in [6.07, 6.45) is 1.53. The predicted octanol–water partition coefficient (Wildman–Crippen LogP) is 2.83. The normalized spacial score (nSPS) is 22.7. The summed E-state index contributed by atoms with van der Waals surface area (Å²) in [5.41, 5.74) is 2.58. The average molecular weight is 281 g/mol. The van der Waals surface area contributed by atoms with Crippen LogP contribution in [0.3, 0.4) is 0 Å². The van der Waals surface area contributed by atoms with E-state index in [1.54, 1.807) is 7.11 Å². The van der Waals surface area contributed by atoms with E-state index in [1.165, 1.54) is 11.1 Å². The average Bonchev–Trinajstić information content (AvgIpc) is 2.82. The van der Waals surface area contributed by atoms with E-state index in [4.69, 9.17) is 9.47 Å². The Hall–Kier alpha value is -0.710. The Balaban J connectivity index is 2.02. The number of ether oxygens (including phenoxy) is 2. The first-order valence-corrected chi connectivity index (χ1v) is 7.83. The summed E-state index contributed by atoms with van der Waals surface area (Å²) in [4.78, 5) is 0. The quantitative estimate of drug-likeness (QED) is 0.868. The second-order valence-electron chi connectivity index (χ2n) is 4.89. The van der Waals surface area contributed by atoms with Crippen molar-refractivity contribution in [3.8, 4) is 5.75 Å².